The average molecular weight is 750 g/mol. The van der Waals surface area contributed by atoms with Gasteiger partial charge in [-0.25, -0.2) is 0 Å². The molecule has 0 spiro atoms. The van der Waals surface area contributed by atoms with Gasteiger partial charge in [-0.3, -0.25) is 29.1 Å². The van der Waals surface area contributed by atoms with Crippen molar-refractivity contribution in [1.29, 1.82) is 0 Å². The number of hydrogen-bond acceptors (Lipinski definition) is 8. The summed E-state index contributed by atoms with van der Waals surface area (Å²) < 4.78 is 0. The summed E-state index contributed by atoms with van der Waals surface area (Å²) in [7, 11) is 0. The predicted octanol–water partition coefficient (Wildman–Crippen LogP) is 7.57. The summed E-state index contributed by atoms with van der Waals surface area (Å²) in [6, 6.07) is 4.61. The normalized spacial score (nSPS) is 23.7. The number of nitrogens with zero attached hydrogens (tertiary/aromatic N) is 4. The molecule has 2 aliphatic heterocycles. The highest BCUT2D eigenvalue weighted by atomic mass is 16.3. The summed E-state index contributed by atoms with van der Waals surface area (Å²) in [4.78, 5) is 43.2. The van der Waals surface area contributed by atoms with Gasteiger partial charge in [0.2, 0.25) is 5.91 Å². The van der Waals surface area contributed by atoms with Crippen LogP contribution in [0.25, 0.3) is 0 Å². The summed E-state index contributed by atoms with van der Waals surface area (Å²) in [5, 5.41) is 12.6. The molecule has 2 aliphatic carbocycles. The lowest BCUT2D eigenvalue weighted by Crippen LogP contribution is -2.53. The van der Waals surface area contributed by atoms with E-state index in [9.17, 15) is 19.5 Å². The van der Waals surface area contributed by atoms with Crippen molar-refractivity contribution in [2.45, 2.75) is 222 Å². The van der Waals surface area contributed by atoms with E-state index in [4.69, 9.17) is 0 Å². The molecule has 0 aromatic carbocycles. The molecule has 1 amide bonds. The minimum Gasteiger partial charge on any atom is -0.390 e. The van der Waals surface area contributed by atoms with Crippen LogP contribution in [-0.4, -0.2) is 129 Å². The molecule has 4 rings (SSSR count). The molecule has 0 radical (unpaired) electrons. The van der Waals surface area contributed by atoms with E-state index in [2.05, 4.69) is 122 Å². The first kappa shape index (κ1) is 49.6. The third kappa shape index (κ3) is 19.4. The number of carbonyl (C=O) groups is 3. The van der Waals surface area contributed by atoms with Crippen molar-refractivity contribution in [2.75, 3.05) is 32.7 Å². The highest BCUT2D eigenvalue weighted by Crippen LogP contribution is 2.26. The van der Waals surface area contributed by atoms with Crippen LogP contribution >= 0.6 is 0 Å². The lowest BCUT2D eigenvalue weighted by Gasteiger charge is -2.40. The Morgan fingerprint density at radius 1 is 0.642 bits per heavy atom. The Hall–Kier alpha value is -1.39. The van der Waals surface area contributed by atoms with Gasteiger partial charge in [0.05, 0.1) is 5.60 Å². The van der Waals surface area contributed by atoms with Gasteiger partial charge in [-0.05, 0) is 148 Å². The zero-order valence-electron chi connectivity index (χ0n) is 37.3. The van der Waals surface area contributed by atoms with Gasteiger partial charge in [-0.2, -0.15) is 0 Å². The molecule has 0 aromatic rings. The number of hydrogen-bond donors (Lipinski definition) is 2. The van der Waals surface area contributed by atoms with Crippen LogP contribution in [0.3, 0.4) is 0 Å². The molecule has 9 heteroatoms. The first-order valence-corrected chi connectivity index (χ1v) is 21.6. The zero-order valence-corrected chi connectivity index (χ0v) is 37.3. The third-order valence-corrected chi connectivity index (χ3v) is 11.7. The highest BCUT2D eigenvalue weighted by molar-refractivity contribution is 5.81. The quantitative estimate of drug-likeness (QED) is 0.211. The van der Waals surface area contributed by atoms with Crippen LogP contribution in [-0.2, 0) is 14.4 Å². The molecule has 0 aromatic heterocycles. The molecule has 0 bridgehead atoms. The van der Waals surface area contributed by atoms with Gasteiger partial charge in [-0.15, -0.1) is 0 Å². The highest BCUT2D eigenvalue weighted by Gasteiger charge is 2.30. The Morgan fingerprint density at radius 2 is 1.04 bits per heavy atom. The average Bonchev–Trinajstić information content (AvgIpc) is 3.66. The van der Waals surface area contributed by atoms with Crippen LogP contribution in [0.15, 0.2) is 0 Å². The van der Waals surface area contributed by atoms with E-state index >= 15 is 0 Å². The smallest absolute Gasteiger partial charge is 0.220 e. The second-order valence-electron chi connectivity index (χ2n) is 18.8. The molecule has 312 valence electrons. The van der Waals surface area contributed by atoms with Gasteiger partial charge in [-0.1, -0.05) is 0 Å². The van der Waals surface area contributed by atoms with E-state index in [-0.39, 0.29) is 5.91 Å². The van der Waals surface area contributed by atoms with Crippen LogP contribution in [0.2, 0.25) is 0 Å². The molecule has 4 fully saturated rings. The summed E-state index contributed by atoms with van der Waals surface area (Å²) in [5.41, 5.74) is -0.397. The van der Waals surface area contributed by atoms with Crippen LogP contribution in [0, 0.1) is 11.8 Å². The molecule has 2 saturated heterocycles. The van der Waals surface area contributed by atoms with Crippen molar-refractivity contribution in [3.05, 3.63) is 0 Å². The second-order valence-corrected chi connectivity index (χ2v) is 18.8. The number of Topliss-reactive ketones (excluding diaryl/α,β-unsaturated/α-hetero) is 2. The molecule has 4 aliphatic rings. The minimum absolute atomic E-state index is 0.203. The third-order valence-electron chi connectivity index (χ3n) is 11.7. The van der Waals surface area contributed by atoms with Gasteiger partial charge in [0.25, 0.3) is 0 Å². The van der Waals surface area contributed by atoms with Crippen molar-refractivity contribution in [2.24, 2.45) is 11.8 Å². The maximum absolute atomic E-state index is 11.2. The molecule has 3 atom stereocenters. The number of aliphatic hydroxyl groups is 1. The Kier molecular flexibility index (Phi) is 22.7. The van der Waals surface area contributed by atoms with Crippen molar-refractivity contribution in [3.8, 4) is 0 Å². The number of nitrogens with one attached hydrogen (secondary N) is 1. The molecule has 9 nitrogen and oxygen atoms in total. The number of piperidine rings is 2. The van der Waals surface area contributed by atoms with E-state index in [1.807, 2.05) is 6.92 Å². The maximum Gasteiger partial charge on any atom is 0.220 e. The van der Waals surface area contributed by atoms with E-state index < -0.39 is 5.60 Å². The Labute approximate surface area is 327 Å². The molecule has 53 heavy (non-hydrogen) atoms. The monoisotopic (exact) mass is 750 g/mol. The van der Waals surface area contributed by atoms with Crippen LogP contribution in [0.5, 0.6) is 0 Å². The van der Waals surface area contributed by atoms with E-state index in [0.29, 0.717) is 78.2 Å². The van der Waals surface area contributed by atoms with Crippen LogP contribution < -0.4 is 5.32 Å². The fraction of sp³-hybridized carbons (Fsp3) is 0.932. The first-order chi connectivity index (χ1) is 24.5. The Balaban J connectivity index is 0.000000355. The Bertz CT molecular complexity index is 966. The van der Waals surface area contributed by atoms with Gasteiger partial charge in [0.1, 0.15) is 11.6 Å². The summed E-state index contributed by atoms with van der Waals surface area (Å²) in [6.45, 7) is 38.2. The Morgan fingerprint density at radius 3 is 1.30 bits per heavy atom. The predicted molar refractivity (Wildman–Crippen MR) is 223 cm³/mol. The minimum atomic E-state index is -0.397. The second kappa shape index (κ2) is 24.3. The number of likely N-dealkylation sites (tertiary alicyclic amines) is 1. The number of ketones is 2. The van der Waals surface area contributed by atoms with Crippen LogP contribution in [0.1, 0.15) is 168 Å². The van der Waals surface area contributed by atoms with Crippen molar-refractivity contribution in [3.63, 3.8) is 0 Å². The molecule has 2 saturated carbocycles. The van der Waals surface area contributed by atoms with Gasteiger partial charge in [0, 0.05) is 113 Å². The largest absolute Gasteiger partial charge is 0.390 e. The summed E-state index contributed by atoms with van der Waals surface area (Å²) in [5.74, 6) is 2.36. The molecule has 2 N–H and O–H groups in total. The maximum atomic E-state index is 11.2. The topological polar surface area (TPSA) is 96.4 Å². The number of rotatable bonds is 12. The lowest BCUT2D eigenvalue weighted by molar-refractivity contribution is -0.123. The van der Waals surface area contributed by atoms with Crippen molar-refractivity contribution < 1.29 is 19.5 Å². The molecular weight excluding hydrogens is 663 g/mol. The fourth-order valence-electron chi connectivity index (χ4n) is 8.66. The summed E-state index contributed by atoms with van der Waals surface area (Å²) >= 11 is 0. The first-order valence-electron chi connectivity index (χ1n) is 21.6. The van der Waals surface area contributed by atoms with Crippen molar-refractivity contribution in [1.82, 2.24) is 24.9 Å². The van der Waals surface area contributed by atoms with E-state index in [1.54, 1.807) is 0 Å². The fourth-order valence-corrected chi connectivity index (χ4v) is 8.66. The summed E-state index contributed by atoms with van der Waals surface area (Å²) in [6.07, 6.45) is 9.00. The van der Waals surface area contributed by atoms with Gasteiger partial charge in [0.15, 0.2) is 0 Å². The van der Waals surface area contributed by atoms with Gasteiger partial charge < -0.3 is 15.3 Å². The van der Waals surface area contributed by atoms with E-state index in [1.165, 1.54) is 0 Å². The molecule has 2 heterocycles. The SMILES string of the molecule is CC(C)N(C(C)C)[C@H]1CCC(=O)NC1.CC(C)N(C[C@@H]1CCC(=O)C1)C(C)C.CC(C)N(C[C@H]1CCC(=O)C1)C(C)C.CC(C)N1CCC(C)(O)CC1. The zero-order chi connectivity index (χ0) is 40.6. The van der Waals surface area contributed by atoms with Gasteiger partial charge >= 0.3 is 0 Å². The molecule has 0 unspecified atom stereocenters. The lowest BCUT2D eigenvalue weighted by atomic mass is 9.93. The number of amides is 1. The number of carbonyl (C=O) groups excluding carboxylic acids is 3. The molecular formula is C44H87N5O4. The van der Waals surface area contributed by atoms with Crippen LogP contribution in [0.4, 0.5) is 0 Å². The van der Waals surface area contributed by atoms with Crippen molar-refractivity contribution >= 4 is 17.5 Å². The standard InChI is InChI=1S/2C12H23NO.C11H22N2O.C9H19NO/c2*1-9(2)13(10(3)4)8-11-5-6-12(14)7-11;1-8(2)13(9(3)4)10-5-6-11(14)12-7-10;1-8(2)10-6-4-9(3,11)5-7-10/h2*9-11H,5-8H2,1-4H3;8-10H,5-7H2,1-4H3,(H,12,14);8,11H,4-7H2,1-3H3/t2*11-;10-;/m100./s1. The van der Waals surface area contributed by atoms with E-state index in [0.717, 1.165) is 90.5 Å².